The van der Waals surface area contributed by atoms with E-state index in [1.54, 1.807) is 24.1 Å². The average Bonchev–Trinajstić information content (AvgIpc) is 2.68. The van der Waals surface area contributed by atoms with Crippen molar-refractivity contribution in [2.75, 3.05) is 20.1 Å². The van der Waals surface area contributed by atoms with Crippen LogP contribution in [-0.2, 0) is 6.18 Å². The number of hydrogen-bond donors (Lipinski definition) is 1. The van der Waals surface area contributed by atoms with Gasteiger partial charge in [0.15, 0.2) is 0 Å². The Hall–Kier alpha value is -1.47. The van der Waals surface area contributed by atoms with E-state index < -0.39 is 11.7 Å². The number of nitrogens with one attached hydrogen (secondary N) is 1. The van der Waals surface area contributed by atoms with Crippen LogP contribution < -0.4 is 5.32 Å². The van der Waals surface area contributed by atoms with Gasteiger partial charge in [0, 0.05) is 31.1 Å². The summed E-state index contributed by atoms with van der Waals surface area (Å²) in [6.07, 6.45) is -3.71. The lowest BCUT2D eigenvalue weighted by Gasteiger charge is -2.39. The van der Waals surface area contributed by atoms with Gasteiger partial charge < -0.3 is 10.2 Å². The lowest BCUT2D eigenvalue weighted by molar-refractivity contribution is -0.137. The van der Waals surface area contributed by atoms with Crippen molar-refractivity contribution in [1.82, 2.24) is 10.2 Å². The minimum absolute atomic E-state index is 0. The van der Waals surface area contributed by atoms with Crippen LogP contribution in [0, 0.1) is 0 Å². The van der Waals surface area contributed by atoms with Gasteiger partial charge in [0.2, 0.25) is 0 Å². The predicted molar refractivity (Wildman–Crippen MR) is 111 cm³/mol. The van der Waals surface area contributed by atoms with E-state index in [0.717, 1.165) is 24.2 Å². The number of alkyl halides is 3. The van der Waals surface area contributed by atoms with Crippen molar-refractivity contribution < 1.29 is 18.0 Å². The van der Waals surface area contributed by atoms with Gasteiger partial charge in [-0.3, -0.25) is 4.79 Å². The Labute approximate surface area is 183 Å². The third-order valence-electron chi connectivity index (χ3n) is 5.09. The van der Waals surface area contributed by atoms with Gasteiger partial charge in [-0.05, 0) is 54.9 Å². The molecule has 1 heterocycles. The standard InChI is InChI=1S/C20H19Cl2F3N2O.ClH/c1-27(19(28)12-2-5-14(6-3-12)20(23,24)25)18-8-9-26-11-15(18)13-4-7-16(21)17(22)10-13;/h2-7,10,15,18,26H,8-9,11H2,1H3;1H/t15-,18+;/m0./s1. The normalized spacial score (nSPS) is 19.4. The molecule has 1 aliphatic rings. The van der Waals surface area contributed by atoms with E-state index in [2.05, 4.69) is 5.32 Å². The number of rotatable bonds is 3. The number of carbonyl (C=O) groups excluding carboxylic acids is 1. The first-order valence-electron chi connectivity index (χ1n) is 8.78. The fourth-order valence-electron chi connectivity index (χ4n) is 3.55. The van der Waals surface area contributed by atoms with E-state index in [9.17, 15) is 18.0 Å². The number of nitrogens with zero attached hydrogens (tertiary/aromatic N) is 1. The molecule has 0 bridgehead atoms. The van der Waals surface area contributed by atoms with Crippen LogP contribution in [0.2, 0.25) is 10.0 Å². The monoisotopic (exact) mass is 466 g/mol. The molecule has 2 atom stereocenters. The molecular formula is C20H20Cl3F3N2O. The molecule has 3 nitrogen and oxygen atoms in total. The summed E-state index contributed by atoms with van der Waals surface area (Å²) < 4.78 is 38.2. The molecule has 9 heteroatoms. The first kappa shape index (κ1) is 23.8. The largest absolute Gasteiger partial charge is 0.416 e. The highest BCUT2D eigenvalue weighted by Crippen LogP contribution is 2.33. The highest BCUT2D eigenvalue weighted by atomic mass is 35.5. The molecule has 2 aromatic rings. The van der Waals surface area contributed by atoms with Gasteiger partial charge in [0.1, 0.15) is 0 Å². The molecular weight excluding hydrogens is 448 g/mol. The van der Waals surface area contributed by atoms with Gasteiger partial charge in [0.25, 0.3) is 5.91 Å². The summed E-state index contributed by atoms with van der Waals surface area (Å²) in [6.45, 7) is 1.40. The van der Waals surface area contributed by atoms with Crippen LogP contribution in [0.15, 0.2) is 42.5 Å². The van der Waals surface area contributed by atoms with Crippen LogP contribution in [0.3, 0.4) is 0 Å². The molecule has 1 fully saturated rings. The Kier molecular flexibility index (Phi) is 7.85. The van der Waals surface area contributed by atoms with Crippen LogP contribution in [0.5, 0.6) is 0 Å². The lowest BCUT2D eigenvalue weighted by Crippen LogP contribution is -2.49. The van der Waals surface area contributed by atoms with Gasteiger partial charge in [-0.2, -0.15) is 13.2 Å². The quantitative estimate of drug-likeness (QED) is 0.632. The summed E-state index contributed by atoms with van der Waals surface area (Å²) >= 11 is 12.1. The number of benzene rings is 2. The third kappa shape index (κ3) is 5.37. The molecule has 0 saturated carbocycles. The molecule has 1 aliphatic heterocycles. The average molecular weight is 468 g/mol. The van der Waals surface area contributed by atoms with Gasteiger partial charge >= 0.3 is 6.18 Å². The summed E-state index contributed by atoms with van der Waals surface area (Å²) in [5.41, 5.74) is 0.405. The summed E-state index contributed by atoms with van der Waals surface area (Å²) in [5.74, 6) is -0.322. The van der Waals surface area contributed by atoms with Gasteiger partial charge in [-0.1, -0.05) is 29.3 Å². The molecule has 0 unspecified atom stereocenters. The lowest BCUT2D eigenvalue weighted by atomic mass is 9.85. The van der Waals surface area contributed by atoms with Crippen LogP contribution >= 0.6 is 35.6 Å². The Morgan fingerprint density at radius 3 is 2.34 bits per heavy atom. The van der Waals surface area contributed by atoms with E-state index in [4.69, 9.17) is 23.2 Å². The Morgan fingerprint density at radius 1 is 1.10 bits per heavy atom. The first-order valence-corrected chi connectivity index (χ1v) is 9.54. The van der Waals surface area contributed by atoms with Gasteiger partial charge in [0.05, 0.1) is 15.6 Å². The fourth-order valence-corrected chi connectivity index (χ4v) is 3.85. The maximum Gasteiger partial charge on any atom is 0.416 e. The van der Waals surface area contributed by atoms with Gasteiger partial charge in [-0.15, -0.1) is 12.4 Å². The maximum atomic E-state index is 12.9. The van der Waals surface area contributed by atoms with Crippen LogP contribution in [0.25, 0.3) is 0 Å². The van der Waals surface area contributed by atoms with Crippen molar-refractivity contribution in [3.63, 3.8) is 0 Å². The topological polar surface area (TPSA) is 32.3 Å². The van der Waals surface area contributed by atoms with Crippen molar-refractivity contribution in [3.8, 4) is 0 Å². The molecule has 2 aromatic carbocycles. The Balaban J connectivity index is 0.00000300. The molecule has 1 N–H and O–H groups in total. The van der Waals surface area contributed by atoms with E-state index in [1.807, 2.05) is 6.07 Å². The second kappa shape index (κ2) is 9.56. The smallest absolute Gasteiger partial charge is 0.338 e. The Morgan fingerprint density at radius 2 is 1.76 bits per heavy atom. The van der Waals surface area contributed by atoms with Crippen molar-refractivity contribution in [2.24, 2.45) is 0 Å². The number of likely N-dealkylation sites (N-methyl/N-ethyl adjacent to an activating group) is 1. The molecule has 0 aliphatic carbocycles. The minimum Gasteiger partial charge on any atom is -0.338 e. The second-order valence-corrected chi connectivity index (χ2v) is 7.65. The van der Waals surface area contributed by atoms with E-state index in [1.165, 1.54) is 12.1 Å². The maximum absolute atomic E-state index is 12.9. The number of carbonyl (C=O) groups is 1. The zero-order valence-corrected chi connectivity index (χ0v) is 17.8. The van der Waals surface area contributed by atoms with E-state index in [-0.39, 0.29) is 35.8 Å². The van der Waals surface area contributed by atoms with E-state index >= 15 is 0 Å². The number of piperidine rings is 1. The summed E-state index contributed by atoms with van der Waals surface area (Å²) in [7, 11) is 1.68. The van der Waals surface area contributed by atoms with Gasteiger partial charge in [-0.25, -0.2) is 0 Å². The molecule has 0 spiro atoms. The van der Waals surface area contributed by atoms with Crippen LogP contribution in [-0.4, -0.2) is 37.0 Å². The molecule has 3 rings (SSSR count). The number of amides is 1. The molecule has 1 amide bonds. The first-order chi connectivity index (χ1) is 13.2. The second-order valence-electron chi connectivity index (χ2n) is 6.83. The van der Waals surface area contributed by atoms with Crippen molar-refractivity contribution in [2.45, 2.75) is 24.6 Å². The molecule has 0 radical (unpaired) electrons. The van der Waals surface area contributed by atoms with E-state index in [0.29, 0.717) is 23.0 Å². The Bertz CT molecular complexity index is 859. The predicted octanol–water partition coefficient (Wildman–Crippen LogP) is 5.65. The minimum atomic E-state index is -4.43. The highest BCUT2D eigenvalue weighted by molar-refractivity contribution is 6.42. The zero-order chi connectivity index (χ0) is 20.5. The van der Waals surface area contributed by atoms with Crippen molar-refractivity contribution in [1.29, 1.82) is 0 Å². The molecule has 29 heavy (non-hydrogen) atoms. The summed E-state index contributed by atoms with van der Waals surface area (Å²) in [6, 6.07) is 9.59. The number of halogens is 6. The molecule has 158 valence electrons. The highest BCUT2D eigenvalue weighted by Gasteiger charge is 2.33. The summed E-state index contributed by atoms with van der Waals surface area (Å²) in [5, 5.41) is 4.22. The zero-order valence-electron chi connectivity index (χ0n) is 15.5. The van der Waals surface area contributed by atoms with Crippen LogP contribution in [0.4, 0.5) is 13.2 Å². The third-order valence-corrected chi connectivity index (χ3v) is 5.83. The van der Waals surface area contributed by atoms with Crippen molar-refractivity contribution in [3.05, 3.63) is 69.2 Å². The molecule has 1 saturated heterocycles. The molecule has 0 aromatic heterocycles. The van der Waals surface area contributed by atoms with Crippen molar-refractivity contribution >= 4 is 41.5 Å². The number of hydrogen-bond acceptors (Lipinski definition) is 2. The SMILES string of the molecule is CN(C(=O)c1ccc(C(F)(F)F)cc1)[C@@H]1CCNC[C@H]1c1ccc(Cl)c(Cl)c1.Cl. The van der Waals surface area contributed by atoms with Crippen LogP contribution in [0.1, 0.15) is 33.8 Å². The fraction of sp³-hybridized carbons (Fsp3) is 0.350. The summed E-state index contributed by atoms with van der Waals surface area (Å²) in [4.78, 5) is 14.5.